The molecule has 4 rings (SSSR count). The van der Waals surface area contributed by atoms with E-state index in [9.17, 15) is 19.5 Å². The van der Waals surface area contributed by atoms with Crippen molar-refractivity contribution in [1.82, 2.24) is 20.6 Å². The second-order valence-electron chi connectivity index (χ2n) is 11.6. The third-order valence-corrected chi connectivity index (χ3v) is 7.17. The number of ether oxygens (including phenoxy) is 1. The highest BCUT2D eigenvalue weighted by Crippen LogP contribution is 2.24. The van der Waals surface area contributed by atoms with Crippen molar-refractivity contribution in [3.8, 4) is 28.3 Å². The van der Waals surface area contributed by atoms with Gasteiger partial charge < -0.3 is 20.5 Å². The van der Waals surface area contributed by atoms with E-state index in [0.29, 0.717) is 18.0 Å². The zero-order valence-electron chi connectivity index (χ0n) is 25.6. The molecule has 0 unspecified atom stereocenters. The SMILES string of the molecule is CCOc1ccc(-c2cnc(-c3ccc(C[C@H](NC(=O)c4ccc(C(C)(C)C)cc4)C(=O)N[C@H](C)C(=O)O)cc3)nc2)cc1. The fourth-order valence-corrected chi connectivity index (χ4v) is 4.51. The first-order valence-electron chi connectivity index (χ1n) is 14.5. The molecule has 0 fully saturated rings. The molecule has 1 heterocycles. The van der Waals surface area contributed by atoms with Gasteiger partial charge in [-0.15, -0.1) is 0 Å². The molecule has 0 saturated heterocycles. The average molecular weight is 595 g/mol. The van der Waals surface area contributed by atoms with Gasteiger partial charge in [-0.05, 0) is 60.2 Å². The number of amides is 2. The van der Waals surface area contributed by atoms with E-state index in [1.807, 2.05) is 67.6 Å². The van der Waals surface area contributed by atoms with Crippen molar-refractivity contribution in [3.05, 3.63) is 102 Å². The number of nitrogens with zero attached hydrogens (tertiary/aromatic N) is 2. The van der Waals surface area contributed by atoms with Gasteiger partial charge in [0.05, 0.1) is 6.61 Å². The Labute approximate surface area is 257 Å². The molecule has 0 aliphatic carbocycles. The molecule has 2 atom stereocenters. The van der Waals surface area contributed by atoms with Crippen LogP contribution in [0.5, 0.6) is 5.75 Å². The highest BCUT2D eigenvalue weighted by molar-refractivity contribution is 5.98. The van der Waals surface area contributed by atoms with E-state index in [1.165, 1.54) is 6.92 Å². The molecule has 44 heavy (non-hydrogen) atoms. The van der Waals surface area contributed by atoms with Crippen LogP contribution < -0.4 is 15.4 Å². The maximum Gasteiger partial charge on any atom is 0.325 e. The number of aliphatic carboxylic acids is 1. The predicted octanol–water partition coefficient (Wildman–Crippen LogP) is 5.44. The summed E-state index contributed by atoms with van der Waals surface area (Å²) in [6, 6.07) is 20.2. The van der Waals surface area contributed by atoms with E-state index >= 15 is 0 Å². The van der Waals surface area contributed by atoms with Crippen LogP contribution in [0, 0.1) is 0 Å². The summed E-state index contributed by atoms with van der Waals surface area (Å²) in [6.45, 7) is 10.2. The molecule has 9 nitrogen and oxygen atoms in total. The van der Waals surface area contributed by atoms with E-state index in [4.69, 9.17) is 4.74 Å². The molecule has 9 heteroatoms. The van der Waals surface area contributed by atoms with Gasteiger partial charge in [0.2, 0.25) is 5.91 Å². The highest BCUT2D eigenvalue weighted by atomic mass is 16.5. The van der Waals surface area contributed by atoms with E-state index in [-0.39, 0.29) is 11.8 Å². The fourth-order valence-electron chi connectivity index (χ4n) is 4.51. The second kappa shape index (κ2) is 13.9. The number of carboxylic acid groups (broad SMARTS) is 1. The lowest BCUT2D eigenvalue weighted by Crippen LogP contribution is -2.51. The zero-order chi connectivity index (χ0) is 31.9. The van der Waals surface area contributed by atoms with Gasteiger partial charge in [0.25, 0.3) is 5.91 Å². The lowest BCUT2D eigenvalue weighted by Gasteiger charge is -2.21. The summed E-state index contributed by atoms with van der Waals surface area (Å²) in [6.07, 6.45) is 3.68. The molecule has 3 N–H and O–H groups in total. The van der Waals surface area contributed by atoms with Crippen molar-refractivity contribution in [2.75, 3.05) is 6.61 Å². The number of rotatable bonds is 11. The van der Waals surface area contributed by atoms with Crippen LogP contribution in [-0.2, 0) is 21.4 Å². The Morgan fingerprint density at radius 3 is 1.95 bits per heavy atom. The van der Waals surface area contributed by atoms with Gasteiger partial charge in [-0.1, -0.05) is 69.3 Å². The summed E-state index contributed by atoms with van der Waals surface area (Å²) in [7, 11) is 0. The molecule has 0 aliphatic rings. The molecule has 1 aromatic heterocycles. The molecular formula is C35H38N4O5. The van der Waals surface area contributed by atoms with E-state index < -0.39 is 29.9 Å². The Kier molecular flexibility index (Phi) is 10.1. The van der Waals surface area contributed by atoms with Crippen LogP contribution in [0.4, 0.5) is 0 Å². The number of nitrogens with one attached hydrogen (secondary N) is 2. The maximum absolute atomic E-state index is 13.1. The summed E-state index contributed by atoms with van der Waals surface area (Å²) in [5, 5.41) is 14.5. The summed E-state index contributed by atoms with van der Waals surface area (Å²) < 4.78 is 5.50. The Morgan fingerprint density at radius 2 is 1.41 bits per heavy atom. The van der Waals surface area contributed by atoms with Crippen molar-refractivity contribution < 1.29 is 24.2 Å². The molecule has 0 saturated carbocycles. The van der Waals surface area contributed by atoms with Crippen LogP contribution in [0.2, 0.25) is 0 Å². The van der Waals surface area contributed by atoms with Crippen molar-refractivity contribution in [1.29, 1.82) is 0 Å². The smallest absolute Gasteiger partial charge is 0.325 e. The minimum atomic E-state index is -1.17. The van der Waals surface area contributed by atoms with Gasteiger partial charge in [-0.25, -0.2) is 9.97 Å². The van der Waals surface area contributed by atoms with Crippen LogP contribution in [0.15, 0.2) is 85.2 Å². The van der Waals surface area contributed by atoms with Crippen LogP contribution in [-0.4, -0.2) is 51.5 Å². The van der Waals surface area contributed by atoms with Crippen molar-refractivity contribution in [2.24, 2.45) is 0 Å². The van der Waals surface area contributed by atoms with E-state index in [2.05, 4.69) is 41.4 Å². The van der Waals surface area contributed by atoms with Gasteiger partial charge in [0, 0.05) is 35.5 Å². The first-order chi connectivity index (χ1) is 20.9. The average Bonchev–Trinajstić information content (AvgIpc) is 3.01. The third-order valence-electron chi connectivity index (χ3n) is 7.17. The maximum atomic E-state index is 13.1. The molecule has 4 aromatic rings. The van der Waals surface area contributed by atoms with Crippen molar-refractivity contribution >= 4 is 17.8 Å². The molecule has 0 spiro atoms. The zero-order valence-corrected chi connectivity index (χ0v) is 25.6. The topological polar surface area (TPSA) is 131 Å². The molecule has 2 amide bonds. The Bertz CT molecular complexity index is 1580. The number of carbonyl (C=O) groups excluding carboxylic acids is 2. The molecular weight excluding hydrogens is 556 g/mol. The minimum Gasteiger partial charge on any atom is -0.494 e. The Hall–Kier alpha value is -5.05. The monoisotopic (exact) mass is 594 g/mol. The molecule has 3 aromatic carbocycles. The molecule has 228 valence electrons. The summed E-state index contributed by atoms with van der Waals surface area (Å²) >= 11 is 0. The third kappa shape index (κ3) is 8.28. The summed E-state index contributed by atoms with van der Waals surface area (Å²) in [4.78, 5) is 46.6. The van der Waals surface area contributed by atoms with E-state index in [1.54, 1.807) is 24.5 Å². The van der Waals surface area contributed by atoms with E-state index in [0.717, 1.165) is 33.6 Å². The van der Waals surface area contributed by atoms with Crippen LogP contribution in [0.25, 0.3) is 22.5 Å². The van der Waals surface area contributed by atoms with Gasteiger partial charge in [0.1, 0.15) is 17.8 Å². The second-order valence-corrected chi connectivity index (χ2v) is 11.6. The number of carbonyl (C=O) groups is 3. The Balaban J connectivity index is 1.48. The summed E-state index contributed by atoms with van der Waals surface area (Å²) in [5.74, 6) is -0.829. The van der Waals surface area contributed by atoms with Gasteiger partial charge >= 0.3 is 5.97 Å². The quantitative estimate of drug-likeness (QED) is 0.211. The Morgan fingerprint density at radius 1 is 0.818 bits per heavy atom. The van der Waals surface area contributed by atoms with Gasteiger partial charge in [-0.2, -0.15) is 0 Å². The summed E-state index contributed by atoms with van der Waals surface area (Å²) in [5.41, 5.74) is 4.82. The normalized spacial score (nSPS) is 12.6. The van der Waals surface area contributed by atoms with Crippen molar-refractivity contribution in [2.45, 2.75) is 58.5 Å². The first kappa shape index (κ1) is 31.9. The van der Waals surface area contributed by atoms with Gasteiger partial charge in [-0.3, -0.25) is 14.4 Å². The standard InChI is InChI=1S/C35H38N4O5/c1-6-44-29-17-13-24(14-18-29)27-20-36-31(37-21-27)25-9-7-23(8-10-25)19-30(33(41)38-22(2)34(42)43)39-32(40)26-11-15-28(16-12-26)35(3,4)5/h7-18,20-22,30H,6,19H2,1-5H3,(H,38,41)(H,39,40)(H,42,43)/t22-,30+/m1/s1. The number of benzene rings is 3. The lowest BCUT2D eigenvalue weighted by molar-refractivity contribution is -0.141. The number of hydrogen-bond donors (Lipinski definition) is 3. The number of carboxylic acids is 1. The van der Waals surface area contributed by atoms with Crippen LogP contribution in [0.3, 0.4) is 0 Å². The largest absolute Gasteiger partial charge is 0.494 e. The number of aromatic nitrogens is 2. The number of hydrogen-bond acceptors (Lipinski definition) is 6. The van der Waals surface area contributed by atoms with Crippen LogP contribution in [0.1, 0.15) is 56.1 Å². The van der Waals surface area contributed by atoms with Crippen LogP contribution >= 0.6 is 0 Å². The van der Waals surface area contributed by atoms with Crippen molar-refractivity contribution in [3.63, 3.8) is 0 Å². The molecule has 0 aliphatic heterocycles. The molecule has 0 bridgehead atoms. The highest BCUT2D eigenvalue weighted by Gasteiger charge is 2.25. The molecule has 0 radical (unpaired) electrons. The predicted molar refractivity (Wildman–Crippen MR) is 169 cm³/mol. The minimum absolute atomic E-state index is 0.0696. The fraction of sp³-hybridized carbons (Fsp3) is 0.286. The van der Waals surface area contributed by atoms with Gasteiger partial charge in [0.15, 0.2) is 5.82 Å². The lowest BCUT2D eigenvalue weighted by atomic mass is 9.86. The first-order valence-corrected chi connectivity index (χ1v) is 14.5.